The molecule has 0 atom stereocenters. The van der Waals surface area contributed by atoms with Crippen molar-refractivity contribution in [2.75, 3.05) is 23.9 Å². The van der Waals surface area contributed by atoms with Gasteiger partial charge in [0.05, 0.1) is 0 Å². The second-order valence-corrected chi connectivity index (χ2v) is 4.17. The number of rotatable bonds is 5. The van der Waals surface area contributed by atoms with E-state index in [1.807, 2.05) is 17.8 Å². The van der Waals surface area contributed by atoms with Gasteiger partial charge in [-0.05, 0) is 37.5 Å². The van der Waals surface area contributed by atoms with Crippen molar-refractivity contribution in [1.29, 1.82) is 0 Å². The van der Waals surface area contributed by atoms with Crippen LogP contribution in [0.5, 0.6) is 0 Å². The van der Waals surface area contributed by atoms with Gasteiger partial charge in [-0.3, -0.25) is 0 Å². The molecule has 1 rings (SSSR count). The highest BCUT2D eigenvalue weighted by Gasteiger charge is 2.01. The van der Waals surface area contributed by atoms with E-state index in [1.165, 1.54) is 6.07 Å². The van der Waals surface area contributed by atoms with Gasteiger partial charge in [0.1, 0.15) is 5.82 Å². The second-order valence-electron chi connectivity index (χ2n) is 3.19. The van der Waals surface area contributed by atoms with Gasteiger partial charge in [0, 0.05) is 17.8 Å². The van der Waals surface area contributed by atoms with Crippen LogP contribution in [0.15, 0.2) is 18.2 Å². The summed E-state index contributed by atoms with van der Waals surface area (Å²) in [7, 11) is 0. The third-order valence-corrected chi connectivity index (χ3v) is 2.81. The van der Waals surface area contributed by atoms with Crippen LogP contribution in [0.1, 0.15) is 12.0 Å². The molecule has 1 aromatic rings. The van der Waals surface area contributed by atoms with Crippen LogP contribution in [-0.2, 0) is 0 Å². The maximum Gasteiger partial charge on any atom is 0.128 e. The van der Waals surface area contributed by atoms with E-state index in [4.69, 9.17) is 0 Å². The molecule has 14 heavy (non-hydrogen) atoms. The van der Waals surface area contributed by atoms with Crippen molar-refractivity contribution in [2.24, 2.45) is 0 Å². The van der Waals surface area contributed by atoms with Crippen LogP contribution in [0.25, 0.3) is 0 Å². The smallest absolute Gasteiger partial charge is 0.128 e. The zero-order valence-corrected chi connectivity index (χ0v) is 9.46. The molecule has 0 aliphatic carbocycles. The predicted molar refractivity (Wildman–Crippen MR) is 62.6 cm³/mol. The first-order valence-corrected chi connectivity index (χ1v) is 6.13. The van der Waals surface area contributed by atoms with Crippen LogP contribution in [0.3, 0.4) is 0 Å². The van der Waals surface area contributed by atoms with Crippen molar-refractivity contribution < 1.29 is 4.39 Å². The molecule has 0 saturated carbocycles. The van der Waals surface area contributed by atoms with Gasteiger partial charge in [-0.15, -0.1) is 0 Å². The Labute approximate surface area is 89.1 Å². The summed E-state index contributed by atoms with van der Waals surface area (Å²) < 4.78 is 13.1. The molecule has 3 heteroatoms. The Hall–Kier alpha value is -0.700. The summed E-state index contributed by atoms with van der Waals surface area (Å²) in [5.74, 6) is 1.00. The van der Waals surface area contributed by atoms with Gasteiger partial charge < -0.3 is 5.32 Å². The quantitative estimate of drug-likeness (QED) is 0.753. The van der Waals surface area contributed by atoms with E-state index in [-0.39, 0.29) is 5.82 Å². The minimum absolute atomic E-state index is 0.139. The van der Waals surface area contributed by atoms with Crippen molar-refractivity contribution in [3.8, 4) is 0 Å². The number of hydrogen-bond acceptors (Lipinski definition) is 2. The Morgan fingerprint density at radius 2 is 2.21 bits per heavy atom. The van der Waals surface area contributed by atoms with Crippen molar-refractivity contribution in [2.45, 2.75) is 13.3 Å². The number of nitrogens with one attached hydrogen (secondary N) is 1. The molecule has 0 saturated heterocycles. The van der Waals surface area contributed by atoms with E-state index >= 15 is 0 Å². The maximum atomic E-state index is 13.1. The van der Waals surface area contributed by atoms with Crippen molar-refractivity contribution in [3.05, 3.63) is 29.6 Å². The lowest BCUT2D eigenvalue weighted by Gasteiger charge is -2.09. The highest BCUT2D eigenvalue weighted by atomic mass is 32.2. The van der Waals surface area contributed by atoms with Crippen LogP contribution in [0.2, 0.25) is 0 Å². The molecule has 0 aromatic heterocycles. The van der Waals surface area contributed by atoms with Gasteiger partial charge in [0.25, 0.3) is 0 Å². The third-order valence-electron chi connectivity index (χ3n) is 2.11. The molecule has 0 aliphatic rings. The molecule has 0 bridgehead atoms. The van der Waals surface area contributed by atoms with Gasteiger partial charge in [-0.25, -0.2) is 4.39 Å². The van der Waals surface area contributed by atoms with Crippen molar-refractivity contribution >= 4 is 17.4 Å². The molecule has 0 spiro atoms. The second kappa shape index (κ2) is 5.91. The molecule has 0 radical (unpaired) electrons. The van der Waals surface area contributed by atoms with E-state index in [2.05, 4.69) is 11.6 Å². The fourth-order valence-electron chi connectivity index (χ4n) is 1.24. The maximum absolute atomic E-state index is 13.1. The van der Waals surface area contributed by atoms with Gasteiger partial charge in [-0.2, -0.15) is 11.8 Å². The molecule has 78 valence electrons. The molecular formula is C11H16FNS. The largest absolute Gasteiger partial charge is 0.385 e. The van der Waals surface area contributed by atoms with Gasteiger partial charge in [0.15, 0.2) is 0 Å². The summed E-state index contributed by atoms with van der Waals surface area (Å²) in [6.45, 7) is 2.71. The zero-order valence-electron chi connectivity index (χ0n) is 8.64. The Kier molecular flexibility index (Phi) is 4.80. The van der Waals surface area contributed by atoms with Gasteiger partial charge in [0.2, 0.25) is 0 Å². The van der Waals surface area contributed by atoms with Crippen molar-refractivity contribution in [1.82, 2.24) is 0 Å². The standard InChI is InChI=1S/C11H16FNS/c1-9-10(12)5-3-6-11(9)13-7-4-8-14-2/h3,5-6,13H,4,7-8H2,1-2H3. The van der Waals surface area contributed by atoms with Crippen LogP contribution >= 0.6 is 11.8 Å². The van der Waals surface area contributed by atoms with Crippen LogP contribution in [0, 0.1) is 12.7 Å². The molecule has 1 N–H and O–H groups in total. The summed E-state index contributed by atoms with van der Waals surface area (Å²) >= 11 is 1.83. The highest BCUT2D eigenvalue weighted by molar-refractivity contribution is 7.98. The average Bonchev–Trinajstić information content (AvgIpc) is 2.19. The molecule has 0 amide bonds. The normalized spacial score (nSPS) is 10.2. The molecule has 1 nitrogen and oxygen atoms in total. The lowest BCUT2D eigenvalue weighted by molar-refractivity contribution is 0.619. The monoisotopic (exact) mass is 213 g/mol. The summed E-state index contributed by atoms with van der Waals surface area (Å²) in [5.41, 5.74) is 1.61. The summed E-state index contributed by atoms with van der Waals surface area (Å²) in [5, 5.41) is 3.24. The fraction of sp³-hybridized carbons (Fsp3) is 0.455. The van der Waals surface area contributed by atoms with Gasteiger partial charge in [-0.1, -0.05) is 6.07 Å². The topological polar surface area (TPSA) is 12.0 Å². The predicted octanol–water partition coefficient (Wildman–Crippen LogP) is 3.30. The third kappa shape index (κ3) is 3.22. The van der Waals surface area contributed by atoms with Crippen LogP contribution in [0.4, 0.5) is 10.1 Å². The summed E-state index contributed by atoms with van der Waals surface area (Å²) in [4.78, 5) is 0. The lowest BCUT2D eigenvalue weighted by atomic mass is 10.2. The average molecular weight is 213 g/mol. The van der Waals surface area contributed by atoms with Gasteiger partial charge >= 0.3 is 0 Å². The van der Waals surface area contributed by atoms with Crippen LogP contribution < -0.4 is 5.32 Å². The summed E-state index contributed by atoms with van der Waals surface area (Å²) in [6, 6.07) is 5.14. The Balaban J connectivity index is 2.46. The molecule has 1 aromatic carbocycles. The summed E-state index contributed by atoms with van der Waals surface area (Å²) in [6.07, 6.45) is 3.20. The number of hydrogen-bond donors (Lipinski definition) is 1. The van der Waals surface area contributed by atoms with Crippen LogP contribution in [-0.4, -0.2) is 18.6 Å². The van der Waals surface area contributed by atoms with E-state index in [0.717, 1.165) is 24.4 Å². The first-order valence-electron chi connectivity index (χ1n) is 4.73. The van der Waals surface area contributed by atoms with Crippen molar-refractivity contribution in [3.63, 3.8) is 0 Å². The van der Waals surface area contributed by atoms with E-state index < -0.39 is 0 Å². The minimum Gasteiger partial charge on any atom is -0.385 e. The zero-order chi connectivity index (χ0) is 10.4. The number of halogens is 1. The minimum atomic E-state index is -0.139. The Bertz CT molecular complexity index is 289. The first-order chi connectivity index (χ1) is 6.75. The number of thioether (sulfide) groups is 1. The van der Waals surface area contributed by atoms with E-state index in [9.17, 15) is 4.39 Å². The SMILES string of the molecule is CSCCCNc1cccc(F)c1C. The number of benzene rings is 1. The molecule has 0 unspecified atom stereocenters. The highest BCUT2D eigenvalue weighted by Crippen LogP contribution is 2.17. The Morgan fingerprint density at radius 3 is 2.93 bits per heavy atom. The number of anilines is 1. The Morgan fingerprint density at radius 1 is 1.43 bits per heavy atom. The van der Waals surface area contributed by atoms with E-state index in [1.54, 1.807) is 13.0 Å². The molecule has 0 fully saturated rings. The lowest BCUT2D eigenvalue weighted by Crippen LogP contribution is -2.04. The molecule has 0 aliphatic heterocycles. The molecular weight excluding hydrogens is 197 g/mol. The first kappa shape index (κ1) is 11.4. The fourth-order valence-corrected chi connectivity index (χ4v) is 1.67. The van der Waals surface area contributed by atoms with E-state index in [0.29, 0.717) is 5.56 Å². The molecule has 0 heterocycles.